The Morgan fingerprint density at radius 1 is 0.679 bits per heavy atom. The molecule has 2 heterocycles. The largest absolute Gasteiger partial charge is 0.140 e. The minimum atomic E-state index is 1.16. The molecule has 0 saturated carbocycles. The SMILES string of the molecule is CCCCCCc1ccc(/C(Br)=C\C=C(\Br)c2ccc(CCCCCC)s2)s1. The molecular formula is C24H32Br2S2. The van der Waals surface area contributed by atoms with Crippen molar-refractivity contribution in [3.63, 3.8) is 0 Å². The molecule has 0 fully saturated rings. The summed E-state index contributed by atoms with van der Waals surface area (Å²) in [5.74, 6) is 0. The van der Waals surface area contributed by atoms with Gasteiger partial charge in [0.2, 0.25) is 0 Å². The van der Waals surface area contributed by atoms with Crippen molar-refractivity contribution in [3.05, 3.63) is 55.9 Å². The van der Waals surface area contributed by atoms with Crippen LogP contribution in [0.2, 0.25) is 0 Å². The lowest BCUT2D eigenvalue weighted by molar-refractivity contribution is 0.670. The molecule has 2 rings (SSSR count). The summed E-state index contributed by atoms with van der Waals surface area (Å²) < 4.78 is 2.32. The first kappa shape index (κ1) is 24.1. The summed E-state index contributed by atoms with van der Waals surface area (Å²) in [6, 6.07) is 9.04. The van der Waals surface area contributed by atoms with E-state index in [4.69, 9.17) is 0 Å². The van der Waals surface area contributed by atoms with E-state index in [-0.39, 0.29) is 0 Å². The first-order chi connectivity index (χ1) is 13.6. The van der Waals surface area contributed by atoms with Crippen molar-refractivity contribution >= 4 is 63.5 Å². The van der Waals surface area contributed by atoms with E-state index in [9.17, 15) is 0 Å². The van der Waals surface area contributed by atoms with Gasteiger partial charge in [-0.1, -0.05) is 52.4 Å². The number of halogens is 2. The van der Waals surface area contributed by atoms with Gasteiger partial charge in [-0.25, -0.2) is 0 Å². The van der Waals surface area contributed by atoms with E-state index < -0.39 is 0 Å². The van der Waals surface area contributed by atoms with Crippen molar-refractivity contribution in [2.75, 3.05) is 0 Å². The zero-order valence-electron chi connectivity index (χ0n) is 17.1. The molecule has 0 amide bonds. The van der Waals surface area contributed by atoms with Gasteiger partial charge in [0, 0.05) is 28.5 Å². The topological polar surface area (TPSA) is 0 Å². The van der Waals surface area contributed by atoms with Crippen LogP contribution in [0, 0.1) is 0 Å². The monoisotopic (exact) mass is 542 g/mol. The average molecular weight is 544 g/mol. The second kappa shape index (κ2) is 14.0. The van der Waals surface area contributed by atoms with E-state index in [1.807, 2.05) is 22.7 Å². The van der Waals surface area contributed by atoms with Crippen molar-refractivity contribution in [1.29, 1.82) is 0 Å². The molecule has 2 aromatic rings. The first-order valence-electron chi connectivity index (χ1n) is 10.5. The second-order valence-corrected chi connectivity index (χ2v) is 11.2. The minimum Gasteiger partial charge on any atom is -0.140 e. The van der Waals surface area contributed by atoms with Gasteiger partial charge in [-0.2, -0.15) is 0 Å². The van der Waals surface area contributed by atoms with E-state index in [2.05, 4.69) is 82.1 Å². The molecule has 0 aliphatic heterocycles. The van der Waals surface area contributed by atoms with Crippen LogP contribution in [-0.4, -0.2) is 0 Å². The predicted octanol–water partition coefficient (Wildman–Crippen LogP) is 10.2. The van der Waals surface area contributed by atoms with Crippen molar-refractivity contribution < 1.29 is 0 Å². The quantitative estimate of drug-likeness (QED) is 0.174. The number of unbranched alkanes of at least 4 members (excludes halogenated alkanes) is 6. The van der Waals surface area contributed by atoms with Crippen LogP contribution >= 0.6 is 54.5 Å². The van der Waals surface area contributed by atoms with Gasteiger partial charge in [-0.3, -0.25) is 0 Å². The molecule has 0 saturated heterocycles. The Morgan fingerprint density at radius 2 is 1.11 bits per heavy atom. The summed E-state index contributed by atoms with van der Waals surface area (Å²) in [5, 5.41) is 0. The van der Waals surface area contributed by atoms with Gasteiger partial charge in [-0.15, -0.1) is 22.7 Å². The summed E-state index contributed by atoms with van der Waals surface area (Å²) in [6.45, 7) is 4.53. The molecule has 0 aromatic carbocycles. The minimum absolute atomic E-state index is 1.16. The number of hydrogen-bond acceptors (Lipinski definition) is 2. The zero-order valence-corrected chi connectivity index (χ0v) is 21.9. The smallest absolute Gasteiger partial charge is 0.0415 e. The Bertz CT molecular complexity index is 688. The summed E-state index contributed by atoms with van der Waals surface area (Å²) in [7, 11) is 0. The molecule has 4 heteroatoms. The van der Waals surface area contributed by atoms with Crippen LogP contribution in [0.4, 0.5) is 0 Å². The Hall–Kier alpha value is -0.160. The molecule has 154 valence electrons. The van der Waals surface area contributed by atoms with E-state index in [0.717, 1.165) is 8.96 Å². The van der Waals surface area contributed by atoms with Crippen molar-refractivity contribution in [2.45, 2.75) is 78.1 Å². The summed E-state index contributed by atoms with van der Waals surface area (Å²) in [5.41, 5.74) is 0. The highest BCUT2D eigenvalue weighted by Gasteiger charge is 2.05. The van der Waals surface area contributed by atoms with Gasteiger partial charge in [0.1, 0.15) is 0 Å². The zero-order chi connectivity index (χ0) is 20.2. The van der Waals surface area contributed by atoms with E-state index in [1.165, 1.54) is 83.7 Å². The molecule has 2 aromatic heterocycles. The fourth-order valence-corrected chi connectivity index (χ4v) is 5.99. The standard InChI is InChI=1S/C24H32Br2S2/c1-3-5-7-9-11-19-13-17-23(27-19)21(25)15-16-22(26)24-18-14-20(28-24)12-10-8-6-4-2/h13-18H,3-12H2,1-2H3/b21-15+,22-16+. The highest BCUT2D eigenvalue weighted by Crippen LogP contribution is 2.33. The Kier molecular flexibility index (Phi) is 12.0. The molecule has 0 unspecified atom stereocenters. The van der Waals surface area contributed by atoms with Crippen LogP contribution < -0.4 is 0 Å². The van der Waals surface area contributed by atoms with E-state index >= 15 is 0 Å². The lowest BCUT2D eigenvalue weighted by atomic mass is 10.1. The normalized spacial score (nSPS) is 12.7. The lowest BCUT2D eigenvalue weighted by Crippen LogP contribution is -1.80. The third-order valence-electron chi connectivity index (χ3n) is 4.72. The Morgan fingerprint density at radius 3 is 1.50 bits per heavy atom. The maximum absolute atomic E-state index is 3.76. The molecule has 0 radical (unpaired) electrons. The first-order valence-corrected chi connectivity index (χ1v) is 13.8. The van der Waals surface area contributed by atoms with Gasteiger partial charge in [0.25, 0.3) is 0 Å². The van der Waals surface area contributed by atoms with Crippen LogP contribution in [0.5, 0.6) is 0 Å². The summed E-state index contributed by atoms with van der Waals surface area (Å²) in [4.78, 5) is 5.60. The molecule has 0 aliphatic rings. The molecule has 0 nitrogen and oxygen atoms in total. The predicted molar refractivity (Wildman–Crippen MR) is 138 cm³/mol. The maximum atomic E-state index is 3.76. The Labute approximate surface area is 196 Å². The lowest BCUT2D eigenvalue weighted by Gasteiger charge is -1.98. The van der Waals surface area contributed by atoms with Crippen LogP contribution in [0.3, 0.4) is 0 Å². The van der Waals surface area contributed by atoms with Crippen molar-refractivity contribution in [1.82, 2.24) is 0 Å². The fraction of sp³-hybridized carbons (Fsp3) is 0.500. The molecular weight excluding hydrogens is 512 g/mol. The second-order valence-electron chi connectivity index (χ2n) is 7.18. The van der Waals surface area contributed by atoms with Crippen LogP contribution in [-0.2, 0) is 12.8 Å². The van der Waals surface area contributed by atoms with Gasteiger partial charge < -0.3 is 0 Å². The summed E-state index contributed by atoms with van der Waals surface area (Å²) >= 11 is 11.3. The maximum Gasteiger partial charge on any atom is 0.0415 e. The van der Waals surface area contributed by atoms with Crippen LogP contribution in [0.25, 0.3) is 8.96 Å². The van der Waals surface area contributed by atoms with Gasteiger partial charge in [0.05, 0.1) is 0 Å². The summed E-state index contributed by atoms with van der Waals surface area (Å²) in [6.07, 6.45) is 17.4. The molecule has 0 N–H and O–H groups in total. The van der Waals surface area contributed by atoms with Crippen LogP contribution in [0.1, 0.15) is 84.7 Å². The number of thiophene rings is 2. The molecule has 0 aliphatic carbocycles. The number of allylic oxidation sites excluding steroid dienone is 2. The van der Waals surface area contributed by atoms with Gasteiger partial charge >= 0.3 is 0 Å². The van der Waals surface area contributed by atoms with E-state index in [1.54, 1.807) is 0 Å². The number of rotatable bonds is 13. The van der Waals surface area contributed by atoms with Crippen molar-refractivity contribution in [3.8, 4) is 0 Å². The highest BCUT2D eigenvalue weighted by atomic mass is 79.9. The molecule has 0 spiro atoms. The van der Waals surface area contributed by atoms with Crippen LogP contribution in [0.15, 0.2) is 36.4 Å². The van der Waals surface area contributed by atoms with Gasteiger partial charge in [-0.05, 0) is 94.0 Å². The fourth-order valence-electron chi connectivity index (χ4n) is 3.04. The number of aryl methyl sites for hydroxylation is 2. The Balaban J connectivity index is 1.89. The molecule has 28 heavy (non-hydrogen) atoms. The molecule has 0 bridgehead atoms. The number of hydrogen-bond donors (Lipinski definition) is 0. The highest BCUT2D eigenvalue weighted by molar-refractivity contribution is 9.15. The van der Waals surface area contributed by atoms with Gasteiger partial charge in [0.15, 0.2) is 0 Å². The average Bonchev–Trinajstić information content (AvgIpc) is 3.36. The molecule has 0 atom stereocenters. The third kappa shape index (κ3) is 8.69. The van der Waals surface area contributed by atoms with Crippen molar-refractivity contribution in [2.24, 2.45) is 0 Å². The third-order valence-corrected chi connectivity index (χ3v) is 8.99. The van der Waals surface area contributed by atoms with E-state index in [0.29, 0.717) is 0 Å².